The van der Waals surface area contributed by atoms with Crippen LogP contribution in [0.1, 0.15) is 37.3 Å². The van der Waals surface area contributed by atoms with Crippen LogP contribution in [0, 0.1) is 0 Å². The minimum absolute atomic E-state index is 0.0538. The van der Waals surface area contributed by atoms with Crippen molar-refractivity contribution in [2.45, 2.75) is 50.0 Å². The Hall–Kier alpha value is -2.94. The number of carbonyl (C=O) groups excluding carboxylic acids is 1. The van der Waals surface area contributed by atoms with Gasteiger partial charge < -0.3 is 9.64 Å². The second kappa shape index (κ2) is 10.3. The van der Waals surface area contributed by atoms with Crippen LogP contribution < -0.4 is 10.3 Å². The molecule has 1 saturated carbocycles. The number of hydrogen-bond donors (Lipinski definition) is 0. The molecule has 1 fully saturated rings. The smallest absolute Gasteiger partial charge is 0.387 e. The van der Waals surface area contributed by atoms with E-state index in [1.165, 1.54) is 23.9 Å². The molecule has 0 aliphatic heterocycles. The molecule has 0 N–H and O–H groups in total. The molecule has 1 heterocycles. The van der Waals surface area contributed by atoms with Crippen LogP contribution in [0.3, 0.4) is 0 Å². The summed E-state index contributed by atoms with van der Waals surface area (Å²) in [6.07, 6.45) is 4.03. The van der Waals surface area contributed by atoms with Gasteiger partial charge in [-0.15, -0.1) is 0 Å². The predicted octanol–water partition coefficient (Wildman–Crippen LogP) is 4.86. The molecule has 1 amide bonds. The lowest BCUT2D eigenvalue weighted by atomic mass is 10.2. The molecule has 0 saturated heterocycles. The lowest BCUT2D eigenvalue weighted by Crippen LogP contribution is -2.29. The molecule has 4 rings (SSSR count). The normalized spacial score (nSPS) is 14.2. The maximum Gasteiger partial charge on any atom is 0.387 e. The summed E-state index contributed by atoms with van der Waals surface area (Å²) in [4.78, 5) is 32.3. The number of carbonyl (C=O) groups is 1. The summed E-state index contributed by atoms with van der Waals surface area (Å²) >= 11 is 1.28. The van der Waals surface area contributed by atoms with Gasteiger partial charge in [-0.3, -0.25) is 14.2 Å². The highest BCUT2D eigenvalue weighted by atomic mass is 32.2. The molecule has 33 heavy (non-hydrogen) atoms. The van der Waals surface area contributed by atoms with E-state index in [-0.39, 0.29) is 29.0 Å². The number of rotatable bonds is 8. The van der Waals surface area contributed by atoms with Crippen molar-refractivity contribution in [2.24, 2.45) is 0 Å². The molecule has 6 nitrogen and oxygen atoms in total. The summed E-state index contributed by atoms with van der Waals surface area (Å²) in [7, 11) is 1.68. The van der Waals surface area contributed by atoms with Gasteiger partial charge in [-0.2, -0.15) is 8.78 Å². The molecule has 174 valence electrons. The first-order valence-corrected chi connectivity index (χ1v) is 11.8. The number of alkyl halides is 2. The molecule has 0 unspecified atom stereocenters. The minimum Gasteiger partial charge on any atom is -0.435 e. The SMILES string of the molecule is CN(Cc1ccc(OC(F)F)cc1)C(=O)CSc1nc2ccccc2c(=O)n1C1CCCC1. The largest absolute Gasteiger partial charge is 0.435 e. The van der Waals surface area contributed by atoms with Gasteiger partial charge in [0.15, 0.2) is 5.16 Å². The van der Waals surface area contributed by atoms with E-state index in [2.05, 4.69) is 4.74 Å². The van der Waals surface area contributed by atoms with Crippen LogP contribution in [0.2, 0.25) is 0 Å². The summed E-state index contributed by atoms with van der Waals surface area (Å²) in [5, 5.41) is 1.16. The van der Waals surface area contributed by atoms with Gasteiger partial charge in [-0.25, -0.2) is 4.98 Å². The summed E-state index contributed by atoms with van der Waals surface area (Å²) in [5.41, 5.74) is 1.37. The van der Waals surface area contributed by atoms with Crippen LogP contribution in [0.5, 0.6) is 5.75 Å². The Labute approximate surface area is 194 Å². The van der Waals surface area contributed by atoms with E-state index >= 15 is 0 Å². The van der Waals surface area contributed by atoms with Crippen molar-refractivity contribution in [1.82, 2.24) is 14.5 Å². The number of thioether (sulfide) groups is 1. The maximum absolute atomic E-state index is 13.2. The Morgan fingerprint density at radius 1 is 1.18 bits per heavy atom. The zero-order valence-electron chi connectivity index (χ0n) is 18.2. The predicted molar refractivity (Wildman–Crippen MR) is 124 cm³/mol. The number of para-hydroxylation sites is 1. The number of ether oxygens (including phenoxy) is 1. The molecule has 2 aromatic carbocycles. The monoisotopic (exact) mass is 473 g/mol. The Morgan fingerprint density at radius 3 is 2.58 bits per heavy atom. The fourth-order valence-corrected chi connectivity index (χ4v) is 5.09. The fraction of sp³-hybridized carbons (Fsp3) is 0.375. The highest BCUT2D eigenvalue weighted by molar-refractivity contribution is 7.99. The van der Waals surface area contributed by atoms with E-state index in [1.54, 1.807) is 34.7 Å². The number of benzene rings is 2. The van der Waals surface area contributed by atoms with Gasteiger partial charge in [0.2, 0.25) is 5.91 Å². The molecule has 1 aromatic heterocycles. The topological polar surface area (TPSA) is 64.4 Å². The lowest BCUT2D eigenvalue weighted by molar-refractivity contribution is -0.127. The molecule has 0 spiro atoms. The quantitative estimate of drug-likeness (QED) is 0.345. The van der Waals surface area contributed by atoms with Gasteiger partial charge in [0, 0.05) is 19.6 Å². The summed E-state index contributed by atoms with van der Waals surface area (Å²) in [5.74, 6) is 0.0967. The molecule has 1 aliphatic carbocycles. The van der Waals surface area contributed by atoms with Crippen LogP contribution in [0.15, 0.2) is 58.5 Å². The van der Waals surface area contributed by atoms with Crippen LogP contribution in [0.4, 0.5) is 8.78 Å². The minimum atomic E-state index is -2.87. The van der Waals surface area contributed by atoms with E-state index in [0.29, 0.717) is 22.6 Å². The Balaban J connectivity index is 1.46. The van der Waals surface area contributed by atoms with Crippen molar-refractivity contribution in [3.8, 4) is 5.75 Å². The molecule has 0 radical (unpaired) electrons. The van der Waals surface area contributed by atoms with Crippen LogP contribution in [-0.2, 0) is 11.3 Å². The number of nitrogens with zero attached hydrogens (tertiary/aromatic N) is 3. The van der Waals surface area contributed by atoms with Gasteiger partial charge in [-0.1, -0.05) is 48.9 Å². The number of aromatic nitrogens is 2. The first-order chi connectivity index (χ1) is 15.9. The first kappa shape index (κ1) is 23.2. The first-order valence-electron chi connectivity index (χ1n) is 10.8. The summed E-state index contributed by atoms with van der Waals surface area (Å²) in [6, 6.07) is 13.6. The Bertz CT molecular complexity index is 1180. The van der Waals surface area contributed by atoms with Crippen LogP contribution in [-0.4, -0.2) is 39.8 Å². The molecule has 3 aromatic rings. The molecule has 0 atom stereocenters. The van der Waals surface area contributed by atoms with Crippen molar-refractivity contribution < 1.29 is 18.3 Å². The van der Waals surface area contributed by atoms with Gasteiger partial charge in [0.1, 0.15) is 5.75 Å². The third-order valence-electron chi connectivity index (χ3n) is 5.78. The number of hydrogen-bond acceptors (Lipinski definition) is 5. The van der Waals surface area contributed by atoms with Crippen molar-refractivity contribution in [2.75, 3.05) is 12.8 Å². The van der Waals surface area contributed by atoms with Crippen LogP contribution in [0.25, 0.3) is 10.9 Å². The van der Waals surface area contributed by atoms with Crippen molar-refractivity contribution in [3.05, 3.63) is 64.4 Å². The maximum atomic E-state index is 13.2. The number of halogens is 2. The van der Waals surface area contributed by atoms with E-state index in [4.69, 9.17) is 4.98 Å². The Kier molecular flexibility index (Phi) is 7.27. The zero-order valence-corrected chi connectivity index (χ0v) is 19.1. The third-order valence-corrected chi connectivity index (χ3v) is 6.72. The standard InChI is InChI=1S/C24H25F2N3O3S/c1-28(14-16-10-12-18(13-11-16)32-23(25)26)21(30)15-33-24-27-20-9-5-4-8-19(20)22(31)29(24)17-6-2-3-7-17/h4-5,8-13,17,23H,2-3,6-7,14-15H2,1H3. The third kappa shape index (κ3) is 5.52. The second-order valence-corrected chi connectivity index (χ2v) is 9.03. The van der Waals surface area contributed by atoms with Gasteiger partial charge >= 0.3 is 6.61 Å². The average Bonchev–Trinajstić information content (AvgIpc) is 3.33. The van der Waals surface area contributed by atoms with E-state index < -0.39 is 6.61 Å². The lowest BCUT2D eigenvalue weighted by Gasteiger charge is -2.20. The molecular weight excluding hydrogens is 448 g/mol. The highest BCUT2D eigenvalue weighted by Gasteiger charge is 2.23. The van der Waals surface area contributed by atoms with E-state index in [9.17, 15) is 18.4 Å². The Morgan fingerprint density at radius 2 is 1.88 bits per heavy atom. The molecular formula is C24H25F2N3O3S. The van der Waals surface area contributed by atoms with E-state index in [1.807, 2.05) is 18.2 Å². The molecule has 1 aliphatic rings. The summed E-state index contributed by atoms with van der Waals surface area (Å²) in [6.45, 7) is -2.54. The van der Waals surface area contributed by atoms with Crippen LogP contribution >= 0.6 is 11.8 Å². The average molecular weight is 474 g/mol. The van der Waals surface area contributed by atoms with Crippen molar-refractivity contribution in [3.63, 3.8) is 0 Å². The number of fused-ring (bicyclic) bond motifs is 1. The highest BCUT2D eigenvalue weighted by Crippen LogP contribution is 2.32. The molecule has 0 bridgehead atoms. The van der Waals surface area contributed by atoms with Gasteiger partial charge in [0.05, 0.1) is 16.7 Å². The zero-order chi connectivity index (χ0) is 23.4. The molecule has 9 heteroatoms. The fourth-order valence-electron chi connectivity index (χ4n) is 4.09. The van der Waals surface area contributed by atoms with E-state index in [0.717, 1.165) is 31.2 Å². The number of amides is 1. The second-order valence-electron chi connectivity index (χ2n) is 8.09. The van der Waals surface area contributed by atoms with Gasteiger partial charge in [0.25, 0.3) is 5.56 Å². The van der Waals surface area contributed by atoms with Gasteiger partial charge in [-0.05, 0) is 42.7 Å². The van der Waals surface area contributed by atoms with Crippen molar-refractivity contribution in [1.29, 1.82) is 0 Å². The summed E-state index contributed by atoms with van der Waals surface area (Å²) < 4.78 is 30.7. The van der Waals surface area contributed by atoms with Crippen molar-refractivity contribution >= 4 is 28.6 Å².